The van der Waals surface area contributed by atoms with E-state index in [2.05, 4.69) is 39.3 Å². The summed E-state index contributed by atoms with van der Waals surface area (Å²) in [4.78, 5) is 12.3. The van der Waals surface area contributed by atoms with E-state index in [0.29, 0.717) is 16.5 Å². The predicted molar refractivity (Wildman–Crippen MR) is 115 cm³/mol. The van der Waals surface area contributed by atoms with Crippen LogP contribution < -0.4 is 15.9 Å². The van der Waals surface area contributed by atoms with Crippen LogP contribution in [0.25, 0.3) is 11.4 Å². The van der Waals surface area contributed by atoms with E-state index >= 15 is 0 Å². The molecule has 0 aliphatic heterocycles. The van der Waals surface area contributed by atoms with Crippen molar-refractivity contribution in [2.45, 2.75) is 38.1 Å². The fourth-order valence-corrected chi connectivity index (χ4v) is 3.56. The molecule has 2 aromatic carbocycles. The van der Waals surface area contributed by atoms with Gasteiger partial charge in [0.2, 0.25) is 11.1 Å². The number of carbonyl (C=O) groups excluding carboxylic acids is 1. The second kappa shape index (κ2) is 10.3. The van der Waals surface area contributed by atoms with Gasteiger partial charge in [-0.15, -0.1) is 10.2 Å². The van der Waals surface area contributed by atoms with Crippen LogP contribution >= 0.6 is 11.8 Å². The highest BCUT2D eigenvalue weighted by Crippen LogP contribution is 2.24. The first-order chi connectivity index (χ1) is 14.9. The predicted octanol–water partition coefficient (Wildman–Crippen LogP) is 3.79. The summed E-state index contributed by atoms with van der Waals surface area (Å²) in [5, 5.41) is 11.3. The highest BCUT2D eigenvalue weighted by molar-refractivity contribution is 7.99. The number of hydrogen-bond acceptors (Lipinski definition) is 6. The Hall–Kier alpha value is -3.14. The number of halogens is 2. The van der Waals surface area contributed by atoms with E-state index in [-0.39, 0.29) is 23.5 Å². The van der Waals surface area contributed by atoms with E-state index in [1.54, 1.807) is 12.1 Å². The molecule has 0 radical (unpaired) electrons. The maximum Gasteiger partial charge on any atom is 0.387 e. The van der Waals surface area contributed by atoms with Crippen molar-refractivity contribution in [1.82, 2.24) is 20.2 Å². The number of benzene rings is 2. The van der Waals surface area contributed by atoms with E-state index in [4.69, 9.17) is 5.84 Å². The molecule has 0 spiro atoms. The molecule has 1 atom stereocenters. The Bertz CT molecular complexity index is 1010. The normalized spacial score (nSPS) is 12.0. The van der Waals surface area contributed by atoms with E-state index in [9.17, 15) is 13.6 Å². The molecule has 3 aromatic rings. The van der Waals surface area contributed by atoms with Gasteiger partial charge in [0, 0.05) is 5.56 Å². The smallest absolute Gasteiger partial charge is 0.387 e. The summed E-state index contributed by atoms with van der Waals surface area (Å²) in [6.07, 6.45) is 0.965. The van der Waals surface area contributed by atoms with Gasteiger partial charge < -0.3 is 15.9 Å². The maximum atomic E-state index is 12.3. The molecule has 1 aromatic heterocycles. The van der Waals surface area contributed by atoms with Crippen molar-refractivity contribution < 1.29 is 18.3 Å². The van der Waals surface area contributed by atoms with Crippen LogP contribution in [0.2, 0.25) is 0 Å². The Morgan fingerprint density at radius 3 is 2.45 bits per heavy atom. The lowest BCUT2D eigenvalue weighted by Crippen LogP contribution is -2.28. The molecule has 3 N–H and O–H groups in total. The third kappa shape index (κ3) is 5.94. The van der Waals surface area contributed by atoms with Gasteiger partial charge in [0.1, 0.15) is 5.75 Å². The van der Waals surface area contributed by atoms with E-state index in [1.165, 1.54) is 22.4 Å². The van der Waals surface area contributed by atoms with Crippen LogP contribution in [0.15, 0.2) is 53.7 Å². The molecular weight excluding hydrogens is 424 g/mol. The number of nitrogen functional groups attached to an aromatic ring is 1. The minimum atomic E-state index is -2.89. The van der Waals surface area contributed by atoms with Gasteiger partial charge in [-0.1, -0.05) is 43.0 Å². The lowest BCUT2D eigenvalue weighted by atomic mass is 10.1. The Balaban J connectivity index is 1.57. The summed E-state index contributed by atoms with van der Waals surface area (Å²) in [7, 11) is 0. The SMILES string of the molecule is CCc1ccc(C(C)NC(=O)CSc2nnc(-c3ccc(OC(F)F)cc3)n2N)cc1. The minimum Gasteiger partial charge on any atom is -0.435 e. The molecule has 164 valence electrons. The Labute approximate surface area is 183 Å². The van der Waals surface area contributed by atoms with Crippen molar-refractivity contribution in [1.29, 1.82) is 0 Å². The Morgan fingerprint density at radius 1 is 1.16 bits per heavy atom. The second-order valence-corrected chi connectivity index (χ2v) is 7.69. The van der Waals surface area contributed by atoms with Crippen LogP contribution in [-0.2, 0) is 11.2 Å². The number of hydrogen-bond donors (Lipinski definition) is 2. The minimum absolute atomic E-state index is 0.0339. The van der Waals surface area contributed by atoms with Gasteiger partial charge in [-0.25, -0.2) is 4.68 Å². The molecule has 7 nitrogen and oxygen atoms in total. The van der Waals surface area contributed by atoms with Crippen LogP contribution in [0.5, 0.6) is 5.75 Å². The molecule has 0 fully saturated rings. The van der Waals surface area contributed by atoms with Gasteiger partial charge in [0.15, 0.2) is 5.82 Å². The third-order valence-electron chi connectivity index (χ3n) is 4.60. The summed E-state index contributed by atoms with van der Waals surface area (Å²) in [5.74, 6) is 6.39. The molecule has 0 saturated heterocycles. The third-order valence-corrected chi connectivity index (χ3v) is 5.54. The summed E-state index contributed by atoms with van der Waals surface area (Å²) >= 11 is 1.15. The number of amides is 1. The standard InChI is InChI=1S/C21H23F2N5O2S/c1-3-14-4-6-15(7-5-14)13(2)25-18(29)12-31-21-27-26-19(28(21)24)16-8-10-17(11-9-16)30-20(22)23/h4-11,13,20H,3,12,24H2,1-2H3,(H,25,29). The molecule has 10 heteroatoms. The number of nitrogens with one attached hydrogen (secondary N) is 1. The number of nitrogens with zero attached hydrogens (tertiary/aromatic N) is 3. The number of rotatable bonds is 9. The average molecular weight is 448 g/mol. The molecule has 1 amide bonds. The zero-order chi connectivity index (χ0) is 22.4. The Kier molecular flexibility index (Phi) is 7.45. The monoisotopic (exact) mass is 447 g/mol. The quantitative estimate of drug-likeness (QED) is 0.383. The fourth-order valence-electron chi connectivity index (χ4n) is 2.90. The summed E-state index contributed by atoms with van der Waals surface area (Å²) in [5.41, 5.74) is 2.85. The average Bonchev–Trinajstić information content (AvgIpc) is 3.12. The van der Waals surface area contributed by atoms with Crippen molar-refractivity contribution >= 4 is 17.7 Å². The van der Waals surface area contributed by atoms with Crippen LogP contribution in [0.1, 0.15) is 31.0 Å². The fraction of sp³-hybridized carbons (Fsp3) is 0.286. The first-order valence-corrected chi connectivity index (χ1v) is 10.6. The molecule has 0 aliphatic carbocycles. The molecule has 0 aliphatic rings. The highest BCUT2D eigenvalue weighted by Gasteiger charge is 2.16. The van der Waals surface area contributed by atoms with Crippen LogP contribution in [-0.4, -0.2) is 33.1 Å². The lowest BCUT2D eigenvalue weighted by Gasteiger charge is -2.14. The number of carbonyl (C=O) groups is 1. The number of aromatic nitrogens is 3. The lowest BCUT2D eigenvalue weighted by molar-refractivity contribution is -0.119. The number of aryl methyl sites for hydroxylation is 1. The van der Waals surface area contributed by atoms with Crippen molar-refractivity contribution in [2.24, 2.45) is 0 Å². The first-order valence-electron chi connectivity index (χ1n) is 9.64. The number of thioether (sulfide) groups is 1. The van der Waals surface area contributed by atoms with E-state index < -0.39 is 6.61 Å². The van der Waals surface area contributed by atoms with Gasteiger partial charge in [-0.3, -0.25) is 4.79 Å². The van der Waals surface area contributed by atoms with Crippen molar-refractivity contribution in [3.05, 3.63) is 59.7 Å². The Morgan fingerprint density at radius 2 is 1.84 bits per heavy atom. The highest BCUT2D eigenvalue weighted by atomic mass is 32.2. The van der Waals surface area contributed by atoms with Crippen molar-refractivity contribution in [3.63, 3.8) is 0 Å². The number of alkyl halides is 2. The van der Waals surface area contributed by atoms with Gasteiger partial charge in [-0.05, 0) is 48.7 Å². The largest absolute Gasteiger partial charge is 0.435 e. The number of ether oxygens (including phenoxy) is 1. The van der Waals surface area contributed by atoms with E-state index in [1.807, 2.05) is 19.1 Å². The van der Waals surface area contributed by atoms with Crippen LogP contribution in [0, 0.1) is 0 Å². The molecule has 1 heterocycles. The van der Waals surface area contributed by atoms with E-state index in [0.717, 1.165) is 23.7 Å². The maximum absolute atomic E-state index is 12.3. The molecule has 31 heavy (non-hydrogen) atoms. The molecule has 0 bridgehead atoms. The second-order valence-electron chi connectivity index (χ2n) is 6.75. The summed E-state index contributed by atoms with van der Waals surface area (Å²) in [6.45, 7) is 1.13. The molecule has 3 rings (SSSR count). The molecule has 0 saturated carbocycles. The van der Waals surface area contributed by atoms with Gasteiger partial charge >= 0.3 is 6.61 Å². The summed E-state index contributed by atoms with van der Waals surface area (Å²) < 4.78 is 30.1. The van der Waals surface area contributed by atoms with Crippen molar-refractivity contribution in [3.8, 4) is 17.1 Å². The number of nitrogens with two attached hydrogens (primary N) is 1. The van der Waals surface area contributed by atoms with Crippen LogP contribution in [0.4, 0.5) is 8.78 Å². The van der Waals surface area contributed by atoms with Crippen LogP contribution in [0.3, 0.4) is 0 Å². The van der Waals surface area contributed by atoms with Gasteiger partial charge in [0.25, 0.3) is 0 Å². The molecule has 1 unspecified atom stereocenters. The summed E-state index contributed by atoms with van der Waals surface area (Å²) in [6, 6.07) is 13.9. The topological polar surface area (TPSA) is 95.1 Å². The van der Waals surface area contributed by atoms with Crippen molar-refractivity contribution in [2.75, 3.05) is 11.6 Å². The molecular formula is C21H23F2N5O2S. The van der Waals surface area contributed by atoms with Gasteiger partial charge in [-0.2, -0.15) is 8.78 Å². The first kappa shape index (κ1) is 22.5. The zero-order valence-electron chi connectivity index (χ0n) is 17.1. The van der Waals surface area contributed by atoms with Gasteiger partial charge in [0.05, 0.1) is 11.8 Å². The zero-order valence-corrected chi connectivity index (χ0v) is 17.9.